The van der Waals surface area contributed by atoms with Crippen LogP contribution in [0.4, 0.5) is 11.5 Å². The Hall–Kier alpha value is -2.63. The van der Waals surface area contributed by atoms with Crippen molar-refractivity contribution in [1.82, 2.24) is 4.98 Å². The molecule has 86 valence electrons. The smallest absolute Gasteiger partial charge is 0.269 e. The third kappa shape index (κ3) is 2.49. The number of pyridine rings is 1. The molecule has 0 unspecified atom stereocenters. The van der Waals surface area contributed by atoms with Crippen molar-refractivity contribution >= 4 is 11.5 Å². The van der Waals surface area contributed by atoms with Crippen LogP contribution in [0.2, 0.25) is 0 Å². The summed E-state index contributed by atoms with van der Waals surface area (Å²) in [5.74, 6) is 1.16. The number of nitro benzene ring substituents is 1. The monoisotopic (exact) mass is 231 g/mol. The fourth-order valence-corrected chi connectivity index (χ4v) is 1.25. The van der Waals surface area contributed by atoms with Crippen molar-refractivity contribution in [2.45, 2.75) is 0 Å². The highest BCUT2D eigenvalue weighted by Gasteiger charge is 2.06. The number of rotatable bonds is 3. The largest absolute Gasteiger partial charge is 0.453 e. The van der Waals surface area contributed by atoms with Crippen molar-refractivity contribution in [3.63, 3.8) is 0 Å². The van der Waals surface area contributed by atoms with E-state index in [-0.39, 0.29) is 11.5 Å². The number of hydrogen-bond acceptors (Lipinski definition) is 5. The van der Waals surface area contributed by atoms with Crippen LogP contribution >= 0.6 is 0 Å². The van der Waals surface area contributed by atoms with Crippen molar-refractivity contribution in [1.29, 1.82) is 0 Å². The Morgan fingerprint density at radius 1 is 1.24 bits per heavy atom. The lowest BCUT2D eigenvalue weighted by molar-refractivity contribution is -0.384. The highest BCUT2D eigenvalue weighted by Crippen LogP contribution is 2.26. The molecule has 1 aromatic heterocycles. The molecule has 0 fully saturated rings. The second-order valence-electron chi connectivity index (χ2n) is 3.24. The molecule has 0 bridgehead atoms. The van der Waals surface area contributed by atoms with E-state index in [1.54, 1.807) is 18.3 Å². The number of nitrogens with zero attached hydrogens (tertiary/aromatic N) is 2. The van der Waals surface area contributed by atoms with E-state index in [0.717, 1.165) is 0 Å². The van der Waals surface area contributed by atoms with Gasteiger partial charge in [-0.25, -0.2) is 4.98 Å². The maximum Gasteiger partial charge on any atom is 0.269 e. The summed E-state index contributed by atoms with van der Waals surface area (Å²) < 4.78 is 5.43. The van der Waals surface area contributed by atoms with Crippen LogP contribution in [0.3, 0.4) is 0 Å². The van der Waals surface area contributed by atoms with Crippen molar-refractivity contribution in [2.75, 3.05) is 5.73 Å². The van der Waals surface area contributed by atoms with Crippen LogP contribution < -0.4 is 10.5 Å². The van der Waals surface area contributed by atoms with E-state index >= 15 is 0 Å². The minimum absolute atomic E-state index is 0.0107. The number of nitrogens with two attached hydrogens (primary N) is 1. The average molecular weight is 231 g/mol. The van der Waals surface area contributed by atoms with Gasteiger partial charge in [0, 0.05) is 18.3 Å². The van der Waals surface area contributed by atoms with Crippen LogP contribution in [-0.2, 0) is 0 Å². The number of ether oxygens (including phenoxy) is 1. The third-order valence-corrected chi connectivity index (χ3v) is 2.08. The summed E-state index contributed by atoms with van der Waals surface area (Å²) in [6.07, 6.45) is 1.55. The van der Waals surface area contributed by atoms with Gasteiger partial charge in [0.15, 0.2) is 11.6 Å². The van der Waals surface area contributed by atoms with Gasteiger partial charge in [0.1, 0.15) is 5.75 Å². The minimum Gasteiger partial charge on any atom is -0.453 e. The predicted octanol–water partition coefficient (Wildman–Crippen LogP) is 2.36. The SMILES string of the molecule is Nc1ncccc1Oc1ccc([N+](=O)[O-])cc1. The summed E-state index contributed by atoms with van der Waals surface area (Å²) in [4.78, 5) is 13.9. The second kappa shape index (κ2) is 4.48. The first-order valence-corrected chi connectivity index (χ1v) is 4.79. The van der Waals surface area contributed by atoms with Gasteiger partial charge in [0.05, 0.1) is 4.92 Å². The van der Waals surface area contributed by atoms with Gasteiger partial charge < -0.3 is 10.5 Å². The second-order valence-corrected chi connectivity index (χ2v) is 3.24. The average Bonchev–Trinajstić information content (AvgIpc) is 2.33. The van der Waals surface area contributed by atoms with Gasteiger partial charge in [-0.15, -0.1) is 0 Å². The molecule has 2 aromatic rings. The van der Waals surface area contributed by atoms with Gasteiger partial charge in [-0.3, -0.25) is 10.1 Å². The molecule has 2 N–H and O–H groups in total. The first kappa shape index (κ1) is 10.9. The topological polar surface area (TPSA) is 91.3 Å². The molecule has 0 aliphatic heterocycles. The summed E-state index contributed by atoms with van der Waals surface area (Å²) in [6, 6.07) is 9.10. The molecular weight excluding hydrogens is 222 g/mol. The number of anilines is 1. The lowest BCUT2D eigenvalue weighted by atomic mass is 10.3. The molecule has 0 atom stereocenters. The summed E-state index contributed by atoms with van der Waals surface area (Å²) >= 11 is 0. The number of benzene rings is 1. The molecule has 0 aliphatic rings. The van der Waals surface area contributed by atoms with Gasteiger partial charge in [0.2, 0.25) is 0 Å². The fraction of sp³-hybridized carbons (Fsp3) is 0. The van der Waals surface area contributed by atoms with Gasteiger partial charge >= 0.3 is 0 Å². The zero-order chi connectivity index (χ0) is 12.3. The number of nitrogen functional groups attached to an aromatic ring is 1. The van der Waals surface area contributed by atoms with Gasteiger partial charge in [-0.05, 0) is 24.3 Å². The molecule has 0 aliphatic carbocycles. The number of hydrogen-bond donors (Lipinski definition) is 1. The predicted molar refractivity (Wildman–Crippen MR) is 61.8 cm³/mol. The van der Waals surface area contributed by atoms with Crippen LogP contribution in [0.25, 0.3) is 0 Å². The van der Waals surface area contributed by atoms with Gasteiger partial charge in [-0.2, -0.15) is 0 Å². The first-order valence-electron chi connectivity index (χ1n) is 4.79. The Balaban J connectivity index is 2.20. The standard InChI is InChI=1S/C11H9N3O3/c12-11-10(2-1-7-13-11)17-9-5-3-8(4-6-9)14(15)16/h1-7H,(H2,12,13). The minimum atomic E-state index is -0.470. The van der Waals surface area contributed by atoms with Crippen molar-refractivity contribution in [2.24, 2.45) is 0 Å². The summed E-state index contributed by atoms with van der Waals surface area (Å²) in [6.45, 7) is 0. The molecular formula is C11H9N3O3. The maximum atomic E-state index is 10.5. The molecule has 0 saturated heterocycles. The molecule has 0 amide bonds. The van der Waals surface area contributed by atoms with E-state index in [2.05, 4.69) is 4.98 Å². The highest BCUT2D eigenvalue weighted by atomic mass is 16.6. The van der Waals surface area contributed by atoms with Crippen LogP contribution in [0.15, 0.2) is 42.6 Å². The van der Waals surface area contributed by atoms with E-state index < -0.39 is 4.92 Å². The van der Waals surface area contributed by atoms with Gasteiger partial charge in [-0.1, -0.05) is 0 Å². The molecule has 2 rings (SSSR count). The quantitative estimate of drug-likeness (QED) is 0.646. The molecule has 1 aromatic carbocycles. The lowest BCUT2D eigenvalue weighted by Crippen LogP contribution is -1.94. The van der Waals surface area contributed by atoms with Crippen molar-refractivity contribution in [3.8, 4) is 11.5 Å². The van der Waals surface area contributed by atoms with Gasteiger partial charge in [0.25, 0.3) is 5.69 Å². The number of nitro groups is 1. The van der Waals surface area contributed by atoms with Crippen LogP contribution in [0, 0.1) is 10.1 Å². The van der Waals surface area contributed by atoms with Crippen molar-refractivity contribution < 1.29 is 9.66 Å². The number of non-ortho nitro benzene ring substituents is 1. The molecule has 0 saturated carbocycles. The summed E-state index contributed by atoms with van der Waals surface area (Å²) in [5.41, 5.74) is 5.61. The summed E-state index contributed by atoms with van der Waals surface area (Å²) in [7, 11) is 0. The molecule has 1 heterocycles. The molecule has 6 heteroatoms. The molecule has 17 heavy (non-hydrogen) atoms. The molecule has 6 nitrogen and oxygen atoms in total. The third-order valence-electron chi connectivity index (χ3n) is 2.08. The normalized spacial score (nSPS) is 9.88. The zero-order valence-corrected chi connectivity index (χ0v) is 8.74. The first-order chi connectivity index (χ1) is 8.16. The van der Waals surface area contributed by atoms with Crippen molar-refractivity contribution in [3.05, 3.63) is 52.7 Å². The Kier molecular flexibility index (Phi) is 2.87. The van der Waals surface area contributed by atoms with Crippen LogP contribution in [0.1, 0.15) is 0 Å². The lowest BCUT2D eigenvalue weighted by Gasteiger charge is -2.06. The van der Waals surface area contributed by atoms with E-state index in [0.29, 0.717) is 11.5 Å². The van der Waals surface area contributed by atoms with E-state index in [1.165, 1.54) is 24.3 Å². The highest BCUT2D eigenvalue weighted by molar-refractivity contribution is 5.48. The Morgan fingerprint density at radius 2 is 1.94 bits per heavy atom. The number of aromatic nitrogens is 1. The maximum absolute atomic E-state index is 10.5. The summed E-state index contributed by atoms with van der Waals surface area (Å²) in [5, 5.41) is 10.5. The van der Waals surface area contributed by atoms with Crippen LogP contribution in [0.5, 0.6) is 11.5 Å². The van der Waals surface area contributed by atoms with E-state index in [9.17, 15) is 10.1 Å². The molecule has 0 spiro atoms. The van der Waals surface area contributed by atoms with E-state index in [4.69, 9.17) is 10.5 Å². The Bertz CT molecular complexity index is 540. The van der Waals surface area contributed by atoms with Crippen LogP contribution in [-0.4, -0.2) is 9.91 Å². The zero-order valence-electron chi connectivity index (χ0n) is 8.74. The Morgan fingerprint density at radius 3 is 2.53 bits per heavy atom. The van der Waals surface area contributed by atoms with E-state index in [1.807, 2.05) is 0 Å². The fourth-order valence-electron chi connectivity index (χ4n) is 1.25. The Labute approximate surface area is 96.8 Å². The molecule has 0 radical (unpaired) electrons.